The van der Waals surface area contributed by atoms with Crippen LogP contribution in [0.2, 0.25) is 0 Å². The van der Waals surface area contributed by atoms with Crippen LogP contribution in [0.5, 0.6) is 0 Å². The van der Waals surface area contributed by atoms with E-state index in [0.717, 1.165) is 5.82 Å². The molecule has 0 radical (unpaired) electrons. The lowest BCUT2D eigenvalue weighted by Crippen LogP contribution is -2.24. The summed E-state index contributed by atoms with van der Waals surface area (Å²) in [6.07, 6.45) is 1.66. The Morgan fingerprint density at radius 1 is 1.09 bits per heavy atom. The van der Waals surface area contributed by atoms with Crippen molar-refractivity contribution < 1.29 is 9.59 Å². The van der Waals surface area contributed by atoms with Gasteiger partial charge in [0, 0.05) is 31.4 Å². The monoisotopic (exact) mass is 298 g/mol. The molecule has 0 aliphatic carbocycles. The average Bonchev–Trinajstić information content (AvgIpc) is 2.53. The Bertz CT molecular complexity index is 681. The highest BCUT2D eigenvalue weighted by atomic mass is 16.1. The molecule has 1 amide bonds. The zero-order chi connectivity index (χ0) is 16.1. The molecule has 6 heteroatoms. The number of rotatable bonds is 5. The molecule has 0 bridgehead atoms. The average molecular weight is 298 g/mol. The predicted molar refractivity (Wildman–Crippen MR) is 84.0 cm³/mol. The molecule has 0 saturated carbocycles. The van der Waals surface area contributed by atoms with Crippen LogP contribution in [-0.2, 0) is 6.54 Å². The summed E-state index contributed by atoms with van der Waals surface area (Å²) in [6.45, 7) is 1.74. The van der Waals surface area contributed by atoms with E-state index in [1.54, 1.807) is 36.5 Å². The van der Waals surface area contributed by atoms with E-state index in [9.17, 15) is 9.59 Å². The van der Waals surface area contributed by atoms with Crippen LogP contribution in [0.4, 0.5) is 5.82 Å². The fourth-order valence-electron chi connectivity index (χ4n) is 1.84. The van der Waals surface area contributed by atoms with Crippen LogP contribution in [0.25, 0.3) is 0 Å². The van der Waals surface area contributed by atoms with Crippen molar-refractivity contribution in [3.63, 3.8) is 0 Å². The van der Waals surface area contributed by atoms with E-state index in [0.29, 0.717) is 17.0 Å². The third kappa shape index (κ3) is 3.88. The van der Waals surface area contributed by atoms with E-state index < -0.39 is 0 Å². The van der Waals surface area contributed by atoms with Crippen molar-refractivity contribution in [1.29, 1.82) is 0 Å². The summed E-state index contributed by atoms with van der Waals surface area (Å²) < 4.78 is 0. The van der Waals surface area contributed by atoms with Gasteiger partial charge in [0.25, 0.3) is 5.91 Å². The lowest BCUT2D eigenvalue weighted by Gasteiger charge is -2.12. The first-order chi connectivity index (χ1) is 10.5. The number of hydrogen-bond acceptors (Lipinski definition) is 5. The van der Waals surface area contributed by atoms with Crippen molar-refractivity contribution in [3.05, 3.63) is 53.5 Å². The Morgan fingerprint density at radius 2 is 1.73 bits per heavy atom. The summed E-state index contributed by atoms with van der Waals surface area (Å²) in [5.74, 6) is 1.07. The zero-order valence-electron chi connectivity index (χ0n) is 12.8. The molecule has 6 nitrogen and oxygen atoms in total. The number of aromatic nitrogens is 2. The summed E-state index contributed by atoms with van der Waals surface area (Å²) in [4.78, 5) is 33.6. The fourth-order valence-corrected chi connectivity index (χ4v) is 1.84. The van der Waals surface area contributed by atoms with Crippen molar-refractivity contribution in [1.82, 2.24) is 15.3 Å². The van der Waals surface area contributed by atoms with Crippen molar-refractivity contribution in [3.8, 4) is 0 Å². The molecular formula is C16H18N4O2. The molecule has 0 unspecified atom stereocenters. The Labute approximate surface area is 129 Å². The first-order valence-electron chi connectivity index (χ1n) is 6.86. The lowest BCUT2D eigenvalue weighted by molar-refractivity contribution is 0.0948. The number of amides is 1. The number of ketones is 1. The molecule has 0 aliphatic heterocycles. The van der Waals surface area contributed by atoms with Gasteiger partial charge in [-0.25, -0.2) is 9.97 Å². The normalized spacial score (nSPS) is 10.1. The summed E-state index contributed by atoms with van der Waals surface area (Å²) in [7, 11) is 3.78. The molecule has 0 fully saturated rings. The zero-order valence-corrected chi connectivity index (χ0v) is 12.8. The van der Waals surface area contributed by atoms with Gasteiger partial charge in [-0.1, -0.05) is 12.1 Å². The van der Waals surface area contributed by atoms with Crippen molar-refractivity contribution >= 4 is 17.5 Å². The van der Waals surface area contributed by atoms with E-state index in [-0.39, 0.29) is 18.2 Å². The Morgan fingerprint density at radius 3 is 2.32 bits per heavy atom. The van der Waals surface area contributed by atoms with Crippen LogP contribution in [0.15, 0.2) is 36.5 Å². The molecule has 1 aromatic heterocycles. The smallest absolute Gasteiger partial charge is 0.251 e. The number of carbonyl (C=O) groups is 2. The van der Waals surface area contributed by atoms with Crippen LogP contribution in [0.1, 0.15) is 33.5 Å². The highest BCUT2D eigenvalue weighted by Crippen LogP contribution is 2.07. The number of nitrogens with zero attached hydrogens (tertiary/aromatic N) is 3. The minimum Gasteiger partial charge on any atom is -0.363 e. The Balaban J connectivity index is 2.00. The van der Waals surface area contributed by atoms with Crippen molar-refractivity contribution in [2.45, 2.75) is 13.5 Å². The molecule has 2 rings (SSSR count). The van der Waals surface area contributed by atoms with Gasteiger partial charge in [-0.15, -0.1) is 0 Å². The summed E-state index contributed by atoms with van der Waals surface area (Å²) in [6, 6.07) is 8.33. The maximum Gasteiger partial charge on any atom is 0.251 e. The highest BCUT2D eigenvalue weighted by molar-refractivity contribution is 5.97. The van der Waals surface area contributed by atoms with E-state index in [1.807, 2.05) is 19.0 Å². The molecule has 114 valence electrons. The molecule has 0 saturated heterocycles. The number of Topliss-reactive ketones (excluding diaryl/α,β-unsaturated/α-hetero) is 1. The second-order valence-corrected chi connectivity index (χ2v) is 5.04. The third-order valence-corrected chi connectivity index (χ3v) is 3.11. The number of carbonyl (C=O) groups excluding carboxylic acids is 2. The van der Waals surface area contributed by atoms with Crippen LogP contribution in [0.3, 0.4) is 0 Å². The first-order valence-corrected chi connectivity index (χ1v) is 6.86. The van der Waals surface area contributed by atoms with E-state index in [1.165, 1.54) is 6.92 Å². The second-order valence-electron chi connectivity index (χ2n) is 5.04. The molecule has 0 atom stereocenters. The lowest BCUT2D eigenvalue weighted by atomic mass is 10.1. The van der Waals surface area contributed by atoms with Crippen LogP contribution in [-0.4, -0.2) is 35.8 Å². The minimum atomic E-state index is -0.228. The quantitative estimate of drug-likeness (QED) is 0.850. The SMILES string of the molecule is CC(=O)c1ccc(C(=O)NCc2nccc(N(C)C)n2)cc1. The Kier molecular flexibility index (Phi) is 4.83. The second kappa shape index (κ2) is 6.80. The number of hydrogen-bond donors (Lipinski definition) is 1. The molecule has 2 aromatic rings. The van der Waals surface area contributed by atoms with Gasteiger partial charge in [0.1, 0.15) is 11.6 Å². The number of benzene rings is 1. The van der Waals surface area contributed by atoms with Crippen molar-refractivity contribution in [2.75, 3.05) is 19.0 Å². The fraction of sp³-hybridized carbons (Fsp3) is 0.250. The van der Waals surface area contributed by atoms with Gasteiger partial charge < -0.3 is 10.2 Å². The third-order valence-electron chi connectivity index (χ3n) is 3.11. The van der Waals surface area contributed by atoms with Gasteiger partial charge in [0.2, 0.25) is 0 Å². The summed E-state index contributed by atoms with van der Waals surface area (Å²) in [5.41, 5.74) is 1.08. The van der Waals surface area contributed by atoms with Gasteiger partial charge in [-0.2, -0.15) is 0 Å². The Hall–Kier alpha value is -2.76. The maximum absolute atomic E-state index is 12.1. The van der Waals surface area contributed by atoms with Crippen LogP contribution in [0, 0.1) is 0 Å². The molecule has 0 spiro atoms. The summed E-state index contributed by atoms with van der Waals surface area (Å²) in [5, 5.41) is 2.76. The van der Waals surface area contributed by atoms with E-state index >= 15 is 0 Å². The minimum absolute atomic E-state index is 0.0270. The highest BCUT2D eigenvalue weighted by Gasteiger charge is 2.08. The summed E-state index contributed by atoms with van der Waals surface area (Å²) >= 11 is 0. The molecular weight excluding hydrogens is 280 g/mol. The number of anilines is 1. The van der Waals surface area contributed by atoms with Crippen molar-refractivity contribution in [2.24, 2.45) is 0 Å². The maximum atomic E-state index is 12.1. The number of nitrogens with one attached hydrogen (secondary N) is 1. The standard InChI is InChI=1S/C16H18N4O2/c1-11(21)12-4-6-13(7-5-12)16(22)18-10-14-17-9-8-15(19-14)20(2)3/h4-9H,10H2,1-3H3,(H,18,22). The van der Waals surface area contributed by atoms with Gasteiger partial charge in [-0.3, -0.25) is 9.59 Å². The first kappa shape index (κ1) is 15.6. The largest absolute Gasteiger partial charge is 0.363 e. The van der Waals surface area contributed by atoms with E-state index in [2.05, 4.69) is 15.3 Å². The molecule has 1 aromatic carbocycles. The van der Waals surface area contributed by atoms with Gasteiger partial charge in [0.15, 0.2) is 5.78 Å². The van der Waals surface area contributed by atoms with Crippen LogP contribution < -0.4 is 10.2 Å². The molecule has 0 aliphatic rings. The topological polar surface area (TPSA) is 75.2 Å². The van der Waals surface area contributed by atoms with Crippen LogP contribution >= 0.6 is 0 Å². The molecule has 1 heterocycles. The molecule has 22 heavy (non-hydrogen) atoms. The molecule has 1 N–H and O–H groups in total. The predicted octanol–water partition coefficient (Wildman–Crippen LogP) is 1.68. The van der Waals surface area contributed by atoms with Gasteiger partial charge in [0.05, 0.1) is 6.54 Å². The van der Waals surface area contributed by atoms with Gasteiger partial charge in [-0.05, 0) is 25.1 Å². The van der Waals surface area contributed by atoms with E-state index in [4.69, 9.17) is 0 Å². The van der Waals surface area contributed by atoms with Gasteiger partial charge >= 0.3 is 0 Å².